The molecule has 4 atom stereocenters. The van der Waals surface area contributed by atoms with Crippen LogP contribution in [0.2, 0.25) is 0 Å². The van der Waals surface area contributed by atoms with Crippen molar-refractivity contribution in [2.24, 2.45) is 11.8 Å². The molecule has 136 valence electrons. The molecule has 2 saturated heterocycles. The van der Waals surface area contributed by atoms with Gasteiger partial charge < -0.3 is 5.32 Å². The van der Waals surface area contributed by atoms with Crippen molar-refractivity contribution in [1.29, 1.82) is 0 Å². The van der Waals surface area contributed by atoms with Gasteiger partial charge in [-0.2, -0.15) is 0 Å². The van der Waals surface area contributed by atoms with Gasteiger partial charge in [-0.05, 0) is 18.6 Å². The lowest BCUT2D eigenvalue weighted by atomic mass is 9.76. The van der Waals surface area contributed by atoms with E-state index >= 15 is 0 Å². The maximum absolute atomic E-state index is 13.3. The highest BCUT2D eigenvalue weighted by Gasteiger charge is 2.69. The van der Waals surface area contributed by atoms with Gasteiger partial charge in [0, 0.05) is 17.3 Å². The molecule has 3 aliphatic heterocycles. The summed E-state index contributed by atoms with van der Waals surface area (Å²) in [7, 11) is 0. The highest BCUT2D eigenvalue weighted by atomic mass is 16.2. The fourth-order valence-electron chi connectivity index (χ4n) is 4.90. The van der Waals surface area contributed by atoms with E-state index in [0.717, 1.165) is 11.1 Å². The second-order valence-corrected chi connectivity index (χ2v) is 7.49. The Balaban J connectivity index is 1.59. The molecule has 27 heavy (non-hydrogen) atoms. The molecule has 2 N–H and O–H groups in total. The van der Waals surface area contributed by atoms with Gasteiger partial charge in [0.2, 0.25) is 17.7 Å². The Morgan fingerprint density at radius 2 is 1.67 bits per heavy atom. The maximum atomic E-state index is 13.3. The van der Waals surface area contributed by atoms with Gasteiger partial charge in [-0.25, -0.2) is 0 Å². The van der Waals surface area contributed by atoms with E-state index in [1.54, 1.807) is 0 Å². The van der Waals surface area contributed by atoms with Crippen LogP contribution in [-0.4, -0.2) is 28.7 Å². The van der Waals surface area contributed by atoms with E-state index in [2.05, 4.69) is 10.6 Å². The summed E-state index contributed by atoms with van der Waals surface area (Å²) in [6.07, 6.45) is 0. The molecule has 2 fully saturated rings. The molecule has 2 aromatic rings. The molecule has 1 spiro atoms. The van der Waals surface area contributed by atoms with Crippen molar-refractivity contribution in [2.75, 3.05) is 5.32 Å². The normalized spacial score (nSPS) is 31.4. The summed E-state index contributed by atoms with van der Waals surface area (Å²) in [5.41, 5.74) is 1.16. The molecule has 3 heterocycles. The van der Waals surface area contributed by atoms with Crippen LogP contribution in [0.5, 0.6) is 0 Å². The number of hydrogen-bond acceptors (Lipinski definition) is 4. The van der Waals surface area contributed by atoms with E-state index in [9.17, 15) is 14.4 Å². The fourth-order valence-corrected chi connectivity index (χ4v) is 4.90. The highest BCUT2D eigenvalue weighted by molar-refractivity contribution is 6.15. The van der Waals surface area contributed by atoms with Crippen LogP contribution in [-0.2, 0) is 26.5 Å². The zero-order valence-electron chi connectivity index (χ0n) is 14.8. The molecule has 3 amide bonds. The van der Waals surface area contributed by atoms with Crippen LogP contribution in [0.25, 0.3) is 0 Å². The van der Waals surface area contributed by atoms with Gasteiger partial charge in [0.25, 0.3) is 0 Å². The minimum atomic E-state index is -1.18. The number of amides is 3. The third-order valence-electron chi connectivity index (χ3n) is 6.04. The monoisotopic (exact) mass is 361 g/mol. The summed E-state index contributed by atoms with van der Waals surface area (Å²) in [5, 5.41) is 6.18. The standard InChI is InChI=1S/C21H19N3O3/c1-12-16-17(19(26)24(18(16)25)11-13-7-3-2-4-8-13)21(23-12)14-9-5-6-10-15(14)22-20(21)27/h2-10,12,16-17,23H,11H2,1H3,(H,22,27)/t12-,16-,17+,21+/m1/s1. The summed E-state index contributed by atoms with van der Waals surface area (Å²) in [4.78, 5) is 40.8. The number of nitrogens with one attached hydrogen (secondary N) is 2. The quantitative estimate of drug-likeness (QED) is 0.797. The van der Waals surface area contributed by atoms with E-state index in [0.29, 0.717) is 5.69 Å². The molecule has 0 aromatic heterocycles. The van der Waals surface area contributed by atoms with E-state index in [4.69, 9.17) is 0 Å². The van der Waals surface area contributed by atoms with Gasteiger partial charge in [-0.15, -0.1) is 0 Å². The maximum Gasteiger partial charge on any atom is 0.250 e. The Kier molecular flexibility index (Phi) is 3.30. The van der Waals surface area contributed by atoms with Gasteiger partial charge in [-0.1, -0.05) is 48.5 Å². The van der Waals surface area contributed by atoms with E-state index in [1.807, 2.05) is 61.5 Å². The second-order valence-electron chi connectivity index (χ2n) is 7.49. The van der Waals surface area contributed by atoms with Crippen LogP contribution < -0.4 is 10.6 Å². The Hall–Kier alpha value is -2.99. The largest absolute Gasteiger partial charge is 0.324 e. The molecular weight excluding hydrogens is 342 g/mol. The van der Waals surface area contributed by atoms with Crippen LogP contribution in [0, 0.1) is 11.8 Å². The SMILES string of the molecule is C[C@H]1N[C@]2(C(=O)Nc3ccccc32)[C@@H]2C(=O)N(Cc3ccccc3)C(=O)[C@@H]21. The zero-order valence-corrected chi connectivity index (χ0v) is 14.8. The third kappa shape index (κ3) is 2.01. The lowest BCUT2D eigenvalue weighted by Gasteiger charge is -2.29. The lowest BCUT2D eigenvalue weighted by Crippen LogP contribution is -2.52. The van der Waals surface area contributed by atoms with E-state index < -0.39 is 17.4 Å². The summed E-state index contributed by atoms with van der Waals surface area (Å²) in [5.74, 6) is -2.02. The van der Waals surface area contributed by atoms with Crippen molar-refractivity contribution < 1.29 is 14.4 Å². The predicted octanol–water partition coefficient (Wildman–Crippen LogP) is 1.63. The number of carbonyl (C=O) groups excluding carboxylic acids is 3. The van der Waals surface area contributed by atoms with Gasteiger partial charge in [-0.3, -0.25) is 24.6 Å². The number of fused-ring (bicyclic) bond motifs is 4. The molecule has 0 saturated carbocycles. The number of benzene rings is 2. The average molecular weight is 361 g/mol. The Bertz CT molecular complexity index is 974. The number of nitrogens with zero attached hydrogens (tertiary/aromatic N) is 1. The first-order valence-electron chi connectivity index (χ1n) is 9.12. The van der Waals surface area contributed by atoms with Crippen LogP contribution >= 0.6 is 0 Å². The fraction of sp³-hybridized carbons (Fsp3) is 0.286. The van der Waals surface area contributed by atoms with Crippen molar-refractivity contribution in [2.45, 2.75) is 25.0 Å². The Morgan fingerprint density at radius 3 is 2.44 bits per heavy atom. The Morgan fingerprint density at radius 1 is 0.963 bits per heavy atom. The minimum Gasteiger partial charge on any atom is -0.324 e. The first-order chi connectivity index (χ1) is 13.0. The summed E-state index contributed by atoms with van der Waals surface area (Å²) in [6.45, 7) is 2.11. The number of anilines is 1. The number of imide groups is 1. The molecule has 6 heteroatoms. The van der Waals surface area contributed by atoms with Crippen molar-refractivity contribution >= 4 is 23.4 Å². The topological polar surface area (TPSA) is 78.5 Å². The highest BCUT2D eigenvalue weighted by Crippen LogP contribution is 2.52. The number of rotatable bonds is 2. The number of hydrogen-bond donors (Lipinski definition) is 2. The molecule has 0 aliphatic carbocycles. The second kappa shape index (κ2) is 5.50. The average Bonchev–Trinajstić information content (AvgIpc) is 3.23. The van der Waals surface area contributed by atoms with Crippen LogP contribution in [0.4, 0.5) is 5.69 Å². The molecule has 2 aromatic carbocycles. The first kappa shape index (κ1) is 16.2. The van der Waals surface area contributed by atoms with Gasteiger partial charge in [0.1, 0.15) is 5.54 Å². The third-order valence-corrected chi connectivity index (χ3v) is 6.04. The van der Waals surface area contributed by atoms with Gasteiger partial charge in [0.05, 0.1) is 18.4 Å². The van der Waals surface area contributed by atoms with Crippen LogP contribution in [0.3, 0.4) is 0 Å². The number of carbonyl (C=O) groups is 3. The smallest absolute Gasteiger partial charge is 0.250 e. The molecule has 6 nitrogen and oxygen atoms in total. The number of likely N-dealkylation sites (tertiary alicyclic amines) is 1. The summed E-state index contributed by atoms with van der Waals surface area (Å²) >= 11 is 0. The first-order valence-corrected chi connectivity index (χ1v) is 9.12. The number of para-hydroxylation sites is 1. The minimum absolute atomic E-state index is 0.206. The molecule has 0 bridgehead atoms. The van der Waals surface area contributed by atoms with E-state index in [1.165, 1.54) is 4.90 Å². The van der Waals surface area contributed by atoms with E-state index in [-0.39, 0.29) is 30.3 Å². The molecule has 5 rings (SSSR count). The van der Waals surface area contributed by atoms with Crippen LogP contribution in [0.15, 0.2) is 54.6 Å². The predicted molar refractivity (Wildman–Crippen MR) is 98.3 cm³/mol. The Labute approximate surface area is 156 Å². The van der Waals surface area contributed by atoms with Gasteiger partial charge in [0.15, 0.2) is 0 Å². The van der Waals surface area contributed by atoms with Crippen LogP contribution in [0.1, 0.15) is 18.1 Å². The summed E-state index contributed by atoms with van der Waals surface area (Å²) < 4.78 is 0. The molecular formula is C21H19N3O3. The van der Waals surface area contributed by atoms with Crippen molar-refractivity contribution in [3.63, 3.8) is 0 Å². The molecule has 0 unspecified atom stereocenters. The molecule has 3 aliphatic rings. The lowest BCUT2D eigenvalue weighted by molar-refractivity contribution is -0.143. The van der Waals surface area contributed by atoms with Crippen molar-refractivity contribution in [1.82, 2.24) is 10.2 Å². The van der Waals surface area contributed by atoms with Crippen molar-refractivity contribution in [3.8, 4) is 0 Å². The summed E-state index contributed by atoms with van der Waals surface area (Å²) in [6, 6.07) is 16.5. The van der Waals surface area contributed by atoms with Crippen molar-refractivity contribution in [3.05, 3.63) is 65.7 Å². The zero-order chi connectivity index (χ0) is 18.8. The van der Waals surface area contributed by atoms with Gasteiger partial charge >= 0.3 is 0 Å². The molecule has 0 radical (unpaired) electrons.